The molecule has 4 N–H and O–H groups in total. The Morgan fingerprint density at radius 1 is 0.825 bits per heavy atom. The van der Waals surface area contributed by atoms with Gasteiger partial charge in [0, 0.05) is 17.3 Å². The van der Waals surface area contributed by atoms with E-state index in [9.17, 15) is 19.2 Å². The molecule has 3 rings (SSSR count). The third-order valence-electron chi connectivity index (χ3n) is 5.57. The molecule has 3 aromatic carbocycles. The van der Waals surface area contributed by atoms with Crippen molar-refractivity contribution in [2.45, 2.75) is 20.8 Å². The van der Waals surface area contributed by atoms with Crippen molar-refractivity contribution in [3.8, 4) is 5.75 Å². The summed E-state index contributed by atoms with van der Waals surface area (Å²) in [5.41, 5.74) is 8.01. The summed E-state index contributed by atoms with van der Waals surface area (Å²) in [4.78, 5) is 49.7. The number of anilines is 1. The van der Waals surface area contributed by atoms with Crippen LogP contribution in [-0.2, 0) is 14.3 Å². The van der Waals surface area contributed by atoms with Crippen LogP contribution in [0.25, 0.3) is 6.08 Å². The molecule has 0 fully saturated rings. The minimum Gasteiger partial charge on any atom is -0.462 e. The molecule has 10 nitrogen and oxygen atoms in total. The Morgan fingerprint density at radius 3 is 2.05 bits per heavy atom. The van der Waals surface area contributed by atoms with E-state index in [0.717, 1.165) is 5.56 Å². The topological polar surface area (TPSA) is 158 Å². The summed E-state index contributed by atoms with van der Waals surface area (Å²) in [6.45, 7) is 5.34. The normalized spacial score (nSPS) is 10.6. The number of hydrogen-bond donors (Lipinski definition) is 3. The Kier molecular flexibility index (Phi) is 9.90. The summed E-state index contributed by atoms with van der Waals surface area (Å²) >= 11 is 0. The number of esters is 3. The molecule has 1 amide bonds. The summed E-state index contributed by atoms with van der Waals surface area (Å²) in [6, 6.07) is 15.4. The predicted molar refractivity (Wildman–Crippen MR) is 150 cm³/mol. The second-order valence-corrected chi connectivity index (χ2v) is 8.42. The zero-order valence-electron chi connectivity index (χ0n) is 22.3. The molecule has 0 aromatic heterocycles. The molecule has 206 valence electrons. The molecular weight excluding hydrogens is 514 g/mol. The lowest BCUT2D eigenvalue weighted by Gasteiger charge is -2.11. The molecule has 0 atom stereocenters. The van der Waals surface area contributed by atoms with E-state index in [2.05, 4.69) is 5.32 Å². The summed E-state index contributed by atoms with van der Waals surface area (Å²) in [5, 5.41) is 10.1. The summed E-state index contributed by atoms with van der Waals surface area (Å²) in [6.07, 6.45) is 2.89. The van der Waals surface area contributed by atoms with Gasteiger partial charge in [-0.05, 0) is 92.6 Å². The molecular formula is C30H29N3O7. The molecule has 0 saturated carbocycles. The van der Waals surface area contributed by atoms with Crippen LogP contribution in [0.5, 0.6) is 5.75 Å². The van der Waals surface area contributed by atoms with Crippen LogP contribution in [-0.4, -0.2) is 42.9 Å². The summed E-state index contributed by atoms with van der Waals surface area (Å²) in [5.74, 6) is -2.18. The maximum Gasteiger partial charge on any atom is 0.343 e. The summed E-state index contributed by atoms with van der Waals surface area (Å²) in [7, 11) is 0. The van der Waals surface area contributed by atoms with Crippen molar-refractivity contribution in [3.63, 3.8) is 0 Å². The number of hydrogen-bond acceptors (Lipinski definition) is 8. The van der Waals surface area contributed by atoms with Crippen LogP contribution < -0.4 is 15.8 Å². The first-order chi connectivity index (χ1) is 19.1. The van der Waals surface area contributed by atoms with Crippen molar-refractivity contribution >= 4 is 41.4 Å². The zero-order valence-corrected chi connectivity index (χ0v) is 22.3. The van der Waals surface area contributed by atoms with Crippen molar-refractivity contribution in [2.75, 3.05) is 18.5 Å². The largest absolute Gasteiger partial charge is 0.462 e. The molecule has 0 radical (unpaired) electrons. The van der Waals surface area contributed by atoms with Gasteiger partial charge in [-0.15, -0.1) is 0 Å². The van der Waals surface area contributed by atoms with E-state index in [1.165, 1.54) is 24.3 Å². The van der Waals surface area contributed by atoms with E-state index in [4.69, 9.17) is 25.4 Å². The van der Waals surface area contributed by atoms with Crippen molar-refractivity contribution in [2.24, 2.45) is 5.73 Å². The van der Waals surface area contributed by atoms with Crippen LogP contribution >= 0.6 is 0 Å². The van der Waals surface area contributed by atoms with Crippen molar-refractivity contribution in [1.29, 1.82) is 5.41 Å². The Morgan fingerprint density at radius 2 is 1.45 bits per heavy atom. The van der Waals surface area contributed by atoms with Gasteiger partial charge in [-0.2, -0.15) is 0 Å². The maximum atomic E-state index is 12.6. The number of nitrogens with two attached hydrogens (primary N) is 1. The first kappa shape index (κ1) is 29.3. The first-order valence-corrected chi connectivity index (χ1v) is 12.4. The van der Waals surface area contributed by atoms with Gasteiger partial charge in [-0.25, -0.2) is 14.4 Å². The minimum absolute atomic E-state index is 0.0183. The van der Waals surface area contributed by atoms with Gasteiger partial charge in [0.1, 0.15) is 11.6 Å². The Bertz CT molecular complexity index is 1480. The van der Waals surface area contributed by atoms with Crippen molar-refractivity contribution in [3.05, 3.63) is 100 Å². The monoisotopic (exact) mass is 543 g/mol. The van der Waals surface area contributed by atoms with Gasteiger partial charge in [0.25, 0.3) is 0 Å². The fourth-order valence-electron chi connectivity index (χ4n) is 3.59. The molecule has 0 aliphatic carbocycles. The zero-order chi connectivity index (χ0) is 29.2. The number of carbonyl (C=O) groups excluding carboxylic acids is 4. The van der Waals surface area contributed by atoms with E-state index in [1.807, 2.05) is 0 Å². The van der Waals surface area contributed by atoms with Crippen LogP contribution in [0.3, 0.4) is 0 Å². The molecule has 0 unspecified atom stereocenters. The predicted octanol–water partition coefficient (Wildman–Crippen LogP) is 4.50. The van der Waals surface area contributed by atoms with Crippen LogP contribution in [0, 0.1) is 12.3 Å². The van der Waals surface area contributed by atoms with Gasteiger partial charge >= 0.3 is 17.9 Å². The highest BCUT2D eigenvalue weighted by atomic mass is 16.5. The average Bonchev–Trinajstić information content (AvgIpc) is 2.92. The molecule has 3 aromatic rings. The van der Waals surface area contributed by atoms with Crippen LogP contribution in [0.15, 0.2) is 66.7 Å². The lowest BCUT2D eigenvalue weighted by molar-refractivity contribution is -0.111. The number of nitrogen functional groups attached to an aromatic ring is 1. The van der Waals surface area contributed by atoms with Gasteiger partial charge in [-0.3, -0.25) is 10.2 Å². The van der Waals surface area contributed by atoms with E-state index >= 15 is 0 Å². The average molecular weight is 544 g/mol. The third-order valence-corrected chi connectivity index (χ3v) is 5.57. The van der Waals surface area contributed by atoms with Crippen molar-refractivity contribution < 1.29 is 33.4 Å². The second kappa shape index (κ2) is 13.5. The number of amides is 1. The smallest absolute Gasteiger partial charge is 0.343 e. The lowest BCUT2D eigenvalue weighted by Crippen LogP contribution is -2.15. The van der Waals surface area contributed by atoms with E-state index in [-0.39, 0.29) is 35.9 Å². The molecule has 0 heterocycles. The van der Waals surface area contributed by atoms with E-state index in [1.54, 1.807) is 69.3 Å². The first-order valence-electron chi connectivity index (χ1n) is 12.4. The number of rotatable bonds is 10. The molecule has 0 bridgehead atoms. The SMILES string of the molecule is CCOC(=O)c1ccc(NC(=O)/C=C/c2ccc(C(=O)Oc3ccc(C(=N)N)cc3)cc2C)cc1C(=O)OCC. The number of aryl methyl sites for hydroxylation is 1. The van der Waals surface area contributed by atoms with Gasteiger partial charge in [0.15, 0.2) is 0 Å². The fourth-order valence-corrected chi connectivity index (χ4v) is 3.59. The Hall–Kier alpha value is -5.25. The molecule has 0 saturated heterocycles. The standard InChI is InChI=1S/C30H29N3O7/c1-4-38-29(36)24-14-11-22(17-25(24)30(37)39-5-2)33-26(34)15-10-19-6-7-21(16-18(19)3)28(35)40-23-12-8-20(9-13-23)27(31)32/h6-17H,4-5H2,1-3H3,(H3,31,32)(H,33,34)/b15-10+. The quantitative estimate of drug-likeness (QED) is 0.111. The Balaban J connectivity index is 1.69. The number of amidine groups is 1. The number of nitrogens with one attached hydrogen (secondary N) is 2. The lowest BCUT2D eigenvalue weighted by atomic mass is 10.0. The highest BCUT2D eigenvalue weighted by Crippen LogP contribution is 2.20. The van der Waals surface area contributed by atoms with Crippen molar-refractivity contribution in [1.82, 2.24) is 0 Å². The molecule has 0 aliphatic heterocycles. The minimum atomic E-state index is -0.709. The fraction of sp³-hybridized carbons (Fsp3) is 0.167. The van der Waals surface area contributed by atoms with Gasteiger partial charge in [0.05, 0.1) is 29.9 Å². The molecule has 0 spiro atoms. The van der Waals surface area contributed by atoms with Crippen LogP contribution in [0.4, 0.5) is 5.69 Å². The number of ether oxygens (including phenoxy) is 3. The molecule has 40 heavy (non-hydrogen) atoms. The molecule has 10 heteroatoms. The van der Waals surface area contributed by atoms with Crippen LogP contribution in [0.2, 0.25) is 0 Å². The summed E-state index contributed by atoms with van der Waals surface area (Å²) < 4.78 is 15.4. The van der Waals surface area contributed by atoms with Crippen LogP contribution in [0.1, 0.15) is 61.6 Å². The highest BCUT2D eigenvalue weighted by Gasteiger charge is 2.20. The highest BCUT2D eigenvalue weighted by molar-refractivity contribution is 6.06. The second-order valence-electron chi connectivity index (χ2n) is 8.42. The maximum absolute atomic E-state index is 12.6. The number of carbonyl (C=O) groups is 4. The van der Waals surface area contributed by atoms with Gasteiger partial charge in [-0.1, -0.05) is 6.07 Å². The van der Waals surface area contributed by atoms with Gasteiger partial charge in [0.2, 0.25) is 5.91 Å². The molecule has 0 aliphatic rings. The van der Waals surface area contributed by atoms with E-state index in [0.29, 0.717) is 22.4 Å². The van der Waals surface area contributed by atoms with Gasteiger partial charge < -0.3 is 25.3 Å². The van der Waals surface area contributed by atoms with E-state index < -0.39 is 23.8 Å². The third kappa shape index (κ3) is 7.64. The Labute approximate surface area is 231 Å². The number of benzene rings is 3.